The lowest BCUT2D eigenvalue weighted by Gasteiger charge is -2.38. The molecule has 0 spiro atoms. The summed E-state index contributed by atoms with van der Waals surface area (Å²) in [5.74, 6) is 0.814. The van der Waals surface area contributed by atoms with Crippen LogP contribution >= 0.6 is 11.8 Å². The Hall–Kier alpha value is -2.02. The zero-order valence-corrected chi connectivity index (χ0v) is 17.6. The summed E-state index contributed by atoms with van der Waals surface area (Å²) < 4.78 is 4.61. The van der Waals surface area contributed by atoms with Crippen LogP contribution in [-0.2, 0) is 14.3 Å². The SMILES string of the molecule is CCCN(C(=O)CCSCC(=O)OC)C1CCN(C(=O)c2ccccc2)CC1. The lowest BCUT2D eigenvalue weighted by molar-refractivity contribution is -0.137. The number of rotatable bonds is 9. The highest BCUT2D eigenvalue weighted by Gasteiger charge is 2.29. The number of nitrogens with zero attached hydrogens (tertiary/aromatic N) is 2. The van der Waals surface area contributed by atoms with Crippen LogP contribution in [0.15, 0.2) is 30.3 Å². The predicted molar refractivity (Wildman–Crippen MR) is 111 cm³/mol. The van der Waals surface area contributed by atoms with E-state index in [1.807, 2.05) is 40.1 Å². The number of likely N-dealkylation sites (tertiary alicyclic amines) is 1. The third-order valence-corrected chi connectivity index (χ3v) is 5.84. The highest BCUT2D eigenvalue weighted by molar-refractivity contribution is 7.99. The van der Waals surface area contributed by atoms with Crippen molar-refractivity contribution in [3.63, 3.8) is 0 Å². The largest absolute Gasteiger partial charge is 0.468 e. The first kappa shape index (κ1) is 22.3. The van der Waals surface area contributed by atoms with Crippen molar-refractivity contribution in [2.75, 3.05) is 38.2 Å². The quantitative estimate of drug-likeness (QED) is 0.466. The monoisotopic (exact) mass is 406 g/mol. The zero-order valence-electron chi connectivity index (χ0n) is 16.8. The van der Waals surface area contributed by atoms with Gasteiger partial charge in [0.15, 0.2) is 0 Å². The third kappa shape index (κ3) is 6.55. The van der Waals surface area contributed by atoms with Crippen LogP contribution in [0.5, 0.6) is 0 Å². The molecule has 154 valence electrons. The second-order valence-corrected chi connectivity index (χ2v) is 7.96. The van der Waals surface area contributed by atoms with Crippen LogP contribution in [0.2, 0.25) is 0 Å². The topological polar surface area (TPSA) is 66.9 Å². The van der Waals surface area contributed by atoms with Gasteiger partial charge >= 0.3 is 5.97 Å². The summed E-state index contributed by atoms with van der Waals surface area (Å²) in [5.41, 5.74) is 0.713. The molecule has 6 nitrogen and oxygen atoms in total. The van der Waals surface area contributed by atoms with Gasteiger partial charge in [-0.2, -0.15) is 0 Å². The molecule has 7 heteroatoms. The molecule has 0 radical (unpaired) electrons. The number of amides is 2. The number of benzene rings is 1. The van der Waals surface area contributed by atoms with E-state index < -0.39 is 0 Å². The van der Waals surface area contributed by atoms with Gasteiger partial charge in [-0.25, -0.2) is 0 Å². The number of ether oxygens (including phenoxy) is 1. The van der Waals surface area contributed by atoms with Crippen molar-refractivity contribution in [3.8, 4) is 0 Å². The molecule has 1 aliphatic rings. The second kappa shape index (κ2) is 11.7. The number of thioether (sulfide) groups is 1. The molecule has 0 unspecified atom stereocenters. The number of hydrogen-bond donors (Lipinski definition) is 0. The van der Waals surface area contributed by atoms with Crippen molar-refractivity contribution >= 4 is 29.5 Å². The molecular formula is C21H30N2O4S. The maximum Gasteiger partial charge on any atom is 0.315 e. The maximum atomic E-state index is 12.7. The van der Waals surface area contributed by atoms with E-state index in [-0.39, 0.29) is 29.6 Å². The molecule has 1 fully saturated rings. The van der Waals surface area contributed by atoms with Gasteiger partial charge < -0.3 is 14.5 Å². The van der Waals surface area contributed by atoms with E-state index >= 15 is 0 Å². The molecule has 2 amide bonds. The van der Waals surface area contributed by atoms with Crippen molar-refractivity contribution in [1.82, 2.24) is 9.80 Å². The molecule has 1 heterocycles. The minimum atomic E-state index is -0.265. The smallest absolute Gasteiger partial charge is 0.315 e. The minimum Gasteiger partial charge on any atom is -0.468 e. The summed E-state index contributed by atoms with van der Waals surface area (Å²) in [6, 6.07) is 9.51. The van der Waals surface area contributed by atoms with E-state index in [1.54, 1.807) is 0 Å². The molecule has 0 saturated carbocycles. The van der Waals surface area contributed by atoms with Crippen molar-refractivity contribution in [2.24, 2.45) is 0 Å². The van der Waals surface area contributed by atoms with Gasteiger partial charge in [0.05, 0.1) is 12.9 Å². The summed E-state index contributed by atoms with van der Waals surface area (Å²) in [4.78, 5) is 40.3. The summed E-state index contributed by atoms with van der Waals surface area (Å²) in [6.45, 7) is 4.14. The van der Waals surface area contributed by atoms with Gasteiger partial charge in [-0.05, 0) is 31.4 Å². The summed E-state index contributed by atoms with van der Waals surface area (Å²) >= 11 is 1.42. The van der Waals surface area contributed by atoms with Crippen LogP contribution in [-0.4, -0.2) is 71.9 Å². The van der Waals surface area contributed by atoms with Crippen LogP contribution in [0.3, 0.4) is 0 Å². The van der Waals surface area contributed by atoms with Gasteiger partial charge in [0.2, 0.25) is 5.91 Å². The number of hydrogen-bond acceptors (Lipinski definition) is 5. The Morgan fingerprint density at radius 3 is 2.46 bits per heavy atom. The van der Waals surface area contributed by atoms with E-state index in [2.05, 4.69) is 11.7 Å². The van der Waals surface area contributed by atoms with E-state index in [1.165, 1.54) is 18.9 Å². The lowest BCUT2D eigenvalue weighted by atomic mass is 10.0. The van der Waals surface area contributed by atoms with E-state index in [9.17, 15) is 14.4 Å². The Balaban J connectivity index is 1.83. The number of methoxy groups -OCH3 is 1. The molecule has 1 saturated heterocycles. The molecule has 0 aliphatic carbocycles. The summed E-state index contributed by atoms with van der Waals surface area (Å²) in [5, 5.41) is 0. The molecular weight excluding hydrogens is 376 g/mol. The fourth-order valence-electron chi connectivity index (χ4n) is 3.41. The van der Waals surface area contributed by atoms with Crippen molar-refractivity contribution < 1.29 is 19.1 Å². The van der Waals surface area contributed by atoms with Crippen LogP contribution in [0.4, 0.5) is 0 Å². The Morgan fingerprint density at radius 1 is 1.18 bits per heavy atom. The molecule has 1 aromatic carbocycles. The highest BCUT2D eigenvalue weighted by Crippen LogP contribution is 2.20. The predicted octanol–water partition coefficient (Wildman–Crippen LogP) is 2.83. The number of piperidine rings is 1. The van der Waals surface area contributed by atoms with Crippen LogP contribution in [0.25, 0.3) is 0 Å². The molecule has 1 aliphatic heterocycles. The van der Waals surface area contributed by atoms with Gasteiger partial charge in [-0.15, -0.1) is 11.8 Å². The molecule has 0 bridgehead atoms. The molecule has 0 N–H and O–H groups in total. The Kier molecular flexibility index (Phi) is 9.34. The molecule has 28 heavy (non-hydrogen) atoms. The van der Waals surface area contributed by atoms with Crippen LogP contribution < -0.4 is 0 Å². The maximum absolute atomic E-state index is 12.7. The minimum absolute atomic E-state index is 0.0617. The first-order valence-electron chi connectivity index (χ1n) is 9.85. The van der Waals surface area contributed by atoms with Gasteiger partial charge in [0.25, 0.3) is 5.91 Å². The number of esters is 1. The van der Waals surface area contributed by atoms with Crippen molar-refractivity contribution in [2.45, 2.75) is 38.6 Å². The van der Waals surface area contributed by atoms with E-state index in [0.717, 1.165) is 25.8 Å². The number of carbonyl (C=O) groups excluding carboxylic acids is 3. The molecule has 0 atom stereocenters. The standard InChI is InChI=1S/C21H30N2O4S/c1-3-12-23(19(24)11-15-28-16-20(25)27-2)18-9-13-22(14-10-18)21(26)17-7-5-4-6-8-17/h4-8,18H,3,9-16H2,1-2H3. The van der Waals surface area contributed by atoms with Gasteiger partial charge in [-0.1, -0.05) is 25.1 Å². The normalized spacial score (nSPS) is 14.6. The zero-order chi connectivity index (χ0) is 20.4. The number of carbonyl (C=O) groups is 3. The molecule has 0 aromatic heterocycles. The molecule has 2 rings (SSSR count). The third-order valence-electron chi connectivity index (χ3n) is 4.91. The van der Waals surface area contributed by atoms with Crippen LogP contribution in [0, 0.1) is 0 Å². The first-order valence-corrected chi connectivity index (χ1v) is 11.0. The van der Waals surface area contributed by atoms with Gasteiger partial charge in [-0.3, -0.25) is 14.4 Å². The van der Waals surface area contributed by atoms with Crippen molar-refractivity contribution in [3.05, 3.63) is 35.9 Å². The fourth-order valence-corrected chi connectivity index (χ4v) is 4.16. The average Bonchev–Trinajstić information content (AvgIpc) is 2.75. The summed E-state index contributed by atoms with van der Waals surface area (Å²) in [6.07, 6.45) is 2.94. The van der Waals surface area contributed by atoms with E-state index in [4.69, 9.17) is 0 Å². The molecule has 1 aromatic rings. The summed E-state index contributed by atoms with van der Waals surface area (Å²) in [7, 11) is 1.37. The highest BCUT2D eigenvalue weighted by atomic mass is 32.2. The average molecular weight is 407 g/mol. The van der Waals surface area contributed by atoms with Gasteiger partial charge in [0.1, 0.15) is 0 Å². The second-order valence-electron chi connectivity index (χ2n) is 6.86. The Bertz CT molecular complexity index is 645. The van der Waals surface area contributed by atoms with Gasteiger partial charge in [0, 0.05) is 43.4 Å². The van der Waals surface area contributed by atoms with Crippen molar-refractivity contribution in [1.29, 1.82) is 0 Å². The fraction of sp³-hybridized carbons (Fsp3) is 0.571. The Morgan fingerprint density at radius 2 is 1.86 bits per heavy atom. The Labute approximate surface area is 171 Å². The van der Waals surface area contributed by atoms with Crippen LogP contribution in [0.1, 0.15) is 43.0 Å². The lowest BCUT2D eigenvalue weighted by Crippen LogP contribution is -2.49. The first-order chi connectivity index (χ1) is 13.6. The van der Waals surface area contributed by atoms with E-state index in [0.29, 0.717) is 30.8 Å².